The predicted molar refractivity (Wildman–Crippen MR) is 355 cm³/mol. The Morgan fingerprint density at radius 1 is 0.677 bits per heavy atom. The summed E-state index contributed by atoms with van der Waals surface area (Å²) in [6, 6.07) is 29.7. The fourth-order valence-corrected chi connectivity index (χ4v) is 14.6. The minimum Gasteiger partial charge on any atom is -0.550 e. The Kier molecular flexibility index (Phi) is 26.9. The number of nitrogens with one attached hydrogen (secondary N) is 2. The first-order valence-electron chi connectivity index (χ1n) is 33.7. The summed E-state index contributed by atoms with van der Waals surface area (Å²) < 4.78 is 37.1. The van der Waals surface area contributed by atoms with Gasteiger partial charge in [0.2, 0.25) is 12.0 Å². The zero-order valence-electron chi connectivity index (χ0n) is 55.6. The summed E-state index contributed by atoms with van der Waals surface area (Å²) in [5.41, 5.74) is -6.34. The van der Waals surface area contributed by atoms with Crippen LogP contribution in [0, 0.1) is 16.7 Å². The van der Waals surface area contributed by atoms with Gasteiger partial charge in [-0.25, -0.2) is 9.59 Å². The molecule has 0 aromatic heterocycles. The van der Waals surface area contributed by atoms with Gasteiger partial charge in [-0.05, 0) is 98.2 Å². The average Bonchev–Trinajstić information content (AvgIpc) is 0.670. The van der Waals surface area contributed by atoms with Crippen molar-refractivity contribution in [3.8, 4) is 0 Å². The lowest BCUT2D eigenvalue weighted by Gasteiger charge is -2.67. The van der Waals surface area contributed by atoms with Crippen molar-refractivity contribution < 1.29 is 86.9 Å². The van der Waals surface area contributed by atoms with E-state index in [-0.39, 0.29) is 54.7 Å². The Morgan fingerprint density at radius 2 is 1.21 bits per heavy atom. The molecule has 11 atom stereocenters. The molecule has 0 radical (unpaired) electrons. The number of anilines is 1. The molecule has 2 saturated carbocycles. The van der Waals surface area contributed by atoms with E-state index in [1.807, 2.05) is 12.1 Å². The SMILES string of the molecule is C.CC(=O)O[C@H]1C(=O)[C@@]2(C)[C@H]([C@H](OC(=O)c3ccccc3)[C@]3(O)C[C@H](OC(=O)[C@H](OC(=O)CC(=O)Nc4ccc(CCCCCCCCCCCCCCCCCCC(=O)[O-])cc4)[C@@H](NC(=O)c4ccccc4)c4ccccc4)C(C)=C1C3(C)C)[C@]1(OC(C)=O)CO[C@@H]1C[C@@H]2O. The molecule has 3 fully saturated rings. The summed E-state index contributed by atoms with van der Waals surface area (Å²) >= 11 is 0. The summed E-state index contributed by atoms with van der Waals surface area (Å²) in [4.78, 5) is 126. The van der Waals surface area contributed by atoms with Crippen molar-refractivity contribution in [1.29, 1.82) is 0 Å². The molecule has 2 bridgehead atoms. The molecule has 1 aliphatic heterocycles. The van der Waals surface area contributed by atoms with E-state index >= 15 is 9.59 Å². The first kappa shape index (κ1) is 75.3. The van der Waals surface area contributed by atoms with Crippen molar-refractivity contribution >= 4 is 59.1 Å². The summed E-state index contributed by atoms with van der Waals surface area (Å²) in [5.74, 6) is -10.2. The third kappa shape index (κ3) is 17.9. The van der Waals surface area contributed by atoms with Crippen LogP contribution in [0.2, 0.25) is 0 Å². The topological polar surface area (TPSA) is 297 Å². The number of carboxylic acid groups (broad SMARTS) is 1. The Bertz CT molecular complexity index is 3360. The largest absolute Gasteiger partial charge is 0.550 e. The van der Waals surface area contributed by atoms with E-state index in [0.29, 0.717) is 12.1 Å². The van der Waals surface area contributed by atoms with Crippen LogP contribution in [0.4, 0.5) is 5.69 Å². The molecule has 520 valence electrons. The number of fused-ring (bicyclic) bond motifs is 5. The van der Waals surface area contributed by atoms with Crippen molar-refractivity contribution in [2.24, 2.45) is 16.7 Å². The number of aryl methyl sites for hydroxylation is 1. The van der Waals surface area contributed by atoms with Gasteiger partial charge in [-0.15, -0.1) is 0 Å². The lowest BCUT2D eigenvalue weighted by atomic mass is 9.44. The molecular formula is C76H97N2O18-. The van der Waals surface area contributed by atoms with Crippen LogP contribution in [0.15, 0.2) is 126 Å². The molecule has 20 heteroatoms. The van der Waals surface area contributed by atoms with Crippen LogP contribution in [0.3, 0.4) is 0 Å². The van der Waals surface area contributed by atoms with Gasteiger partial charge in [0.1, 0.15) is 36.4 Å². The molecule has 4 aromatic carbocycles. The van der Waals surface area contributed by atoms with Gasteiger partial charge in [-0.2, -0.15) is 0 Å². The summed E-state index contributed by atoms with van der Waals surface area (Å²) in [6.07, 6.45) is 7.14. The number of hydrogen-bond acceptors (Lipinski definition) is 18. The van der Waals surface area contributed by atoms with Gasteiger partial charge in [0.25, 0.3) is 5.91 Å². The molecule has 1 saturated heterocycles. The van der Waals surface area contributed by atoms with Crippen LogP contribution in [0.5, 0.6) is 0 Å². The van der Waals surface area contributed by atoms with Gasteiger partial charge in [-0.3, -0.25) is 28.8 Å². The van der Waals surface area contributed by atoms with Gasteiger partial charge in [0, 0.05) is 49.3 Å². The van der Waals surface area contributed by atoms with E-state index in [4.69, 9.17) is 28.4 Å². The second kappa shape index (κ2) is 34.2. The van der Waals surface area contributed by atoms with Crippen LogP contribution in [0.25, 0.3) is 0 Å². The maximum Gasteiger partial charge on any atom is 0.350 e. The highest BCUT2D eigenvalue weighted by Gasteiger charge is 2.78. The molecular weight excluding hydrogens is 1230 g/mol. The van der Waals surface area contributed by atoms with Crippen molar-refractivity contribution in [3.63, 3.8) is 0 Å². The third-order valence-corrected chi connectivity index (χ3v) is 19.9. The predicted octanol–water partition coefficient (Wildman–Crippen LogP) is 10.9. The average molecular weight is 1330 g/mol. The number of amides is 2. The molecule has 2 amide bonds. The number of esters is 5. The van der Waals surface area contributed by atoms with Crippen LogP contribution in [0.1, 0.15) is 215 Å². The van der Waals surface area contributed by atoms with Crippen LogP contribution >= 0.6 is 0 Å². The number of aliphatic carboxylic acids is 1. The molecule has 1 heterocycles. The van der Waals surface area contributed by atoms with Crippen LogP contribution < -0.4 is 15.7 Å². The summed E-state index contributed by atoms with van der Waals surface area (Å²) in [7, 11) is 0. The minimum atomic E-state index is -2.52. The second-order valence-electron chi connectivity index (χ2n) is 26.8. The molecule has 4 aromatic rings. The lowest BCUT2D eigenvalue weighted by molar-refractivity contribution is -0.346. The number of rotatable bonds is 33. The van der Waals surface area contributed by atoms with Crippen molar-refractivity contribution in [2.45, 2.75) is 238 Å². The van der Waals surface area contributed by atoms with E-state index in [1.165, 1.54) is 116 Å². The molecule has 96 heavy (non-hydrogen) atoms. The van der Waals surface area contributed by atoms with E-state index in [2.05, 4.69) is 10.6 Å². The quantitative estimate of drug-likeness (QED) is 0.0113. The van der Waals surface area contributed by atoms with Gasteiger partial charge in [-0.1, -0.05) is 190 Å². The Morgan fingerprint density at radius 3 is 1.73 bits per heavy atom. The minimum absolute atomic E-state index is 0. The molecule has 3 aliphatic carbocycles. The number of carbonyl (C=O) groups is 9. The molecule has 8 rings (SSSR count). The van der Waals surface area contributed by atoms with Crippen molar-refractivity contribution in [1.82, 2.24) is 5.32 Å². The number of carboxylic acids is 1. The molecule has 20 nitrogen and oxygen atoms in total. The molecule has 4 N–H and O–H groups in total. The van der Waals surface area contributed by atoms with Gasteiger partial charge in [0.05, 0.1) is 29.6 Å². The number of Topliss-reactive ketones (excluding diaryl/α,β-unsaturated/α-hetero) is 1. The maximum atomic E-state index is 15.9. The number of unbranched alkanes of at least 4 members (excludes halogenated alkanes) is 15. The maximum absolute atomic E-state index is 15.9. The zero-order valence-corrected chi connectivity index (χ0v) is 55.6. The lowest BCUT2D eigenvalue weighted by Crippen LogP contribution is -2.82. The van der Waals surface area contributed by atoms with Crippen molar-refractivity contribution in [3.05, 3.63) is 149 Å². The number of hydrogen-bond donors (Lipinski definition) is 4. The number of ether oxygens (including phenoxy) is 6. The van der Waals surface area contributed by atoms with E-state index in [0.717, 1.165) is 57.9 Å². The highest BCUT2D eigenvalue weighted by molar-refractivity contribution is 6.02. The zero-order chi connectivity index (χ0) is 68.5. The fourth-order valence-electron chi connectivity index (χ4n) is 14.6. The fraction of sp³-hybridized carbons (Fsp3) is 0.539. The van der Waals surface area contributed by atoms with E-state index in [9.17, 15) is 48.9 Å². The second-order valence-corrected chi connectivity index (χ2v) is 26.8. The first-order chi connectivity index (χ1) is 45.4. The number of aliphatic hydroxyl groups excluding tert-OH is 1. The van der Waals surface area contributed by atoms with Gasteiger partial charge in [0.15, 0.2) is 17.5 Å². The van der Waals surface area contributed by atoms with E-state index < -0.39 is 137 Å². The van der Waals surface area contributed by atoms with Crippen molar-refractivity contribution in [2.75, 3.05) is 11.9 Å². The standard InChI is InChI=1S/C75H94N2O18.CH4/c1-48-56(46-75(89)68(94-70(87)54-37-29-23-30-38-54)66-73(6,57(80)44-58-74(66,47-90-58)95-50(3)79)67(85)64(91-49(2)78)62(48)72(75,4)5)92-71(88)65(63(52-33-25-21-26-34-52)77-69(86)53-35-27-22-28-36-53)93-61(84)45-59(81)76-55-42-40-51(41-43-55)32-24-19-17-15-13-11-9-7-8-10-12-14-16-18-20-31-39-60(82)83;/h21-23,25-30,33-38,40-43,56-58,63-66,68,80,89H,7-20,24,31-32,39,44-47H2,1-6H3,(H,76,81)(H,77,86)(H,82,83);1H4/p-1/t56-,57-,58+,63-,64+,65+,66-,68-,73+,74-,75+;/m0./s1. The normalized spacial score (nSPS) is 24.4. The molecule has 0 unspecified atom stereocenters. The highest BCUT2D eigenvalue weighted by atomic mass is 16.6. The Hall–Kier alpha value is -8.07. The number of benzene rings is 4. The highest BCUT2D eigenvalue weighted by Crippen LogP contribution is 2.64. The van der Waals surface area contributed by atoms with Crippen LogP contribution in [-0.2, 0) is 68.4 Å². The smallest absolute Gasteiger partial charge is 0.350 e. The number of aliphatic hydroxyl groups is 2. The molecule has 0 spiro atoms. The van der Waals surface area contributed by atoms with Crippen LogP contribution in [-0.4, -0.2) is 118 Å². The Balaban J connectivity index is 0.0000130. The monoisotopic (exact) mass is 1330 g/mol. The van der Waals surface area contributed by atoms with Gasteiger partial charge >= 0.3 is 29.8 Å². The Labute approximate surface area is 563 Å². The third-order valence-electron chi connectivity index (χ3n) is 19.9. The first-order valence-corrected chi connectivity index (χ1v) is 33.7. The van der Waals surface area contributed by atoms with Gasteiger partial charge < -0.3 is 59.2 Å². The number of carbonyl (C=O) groups excluding carboxylic acids is 9. The number of ketones is 1. The van der Waals surface area contributed by atoms with E-state index in [1.54, 1.807) is 78.9 Å². The summed E-state index contributed by atoms with van der Waals surface area (Å²) in [6.45, 7) is 7.79. The molecule has 4 aliphatic rings. The summed E-state index contributed by atoms with van der Waals surface area (Å²) in [5, 5.41) is 42.6.